The molecule has 1 aromatic carbocycles. The predicted molar refractivity (Wildman–Crippen MR) is 75.2 cm³/mol. The van der Waals surface area contributed by atoms with Crippen molar-refractivity contribution in [3.8, 4) is 0 Å². The Morgan fingerprint density at radius 1 is 1.26 bits per heavy atom. The number of rotatable bonds is 2. The molecule has 3 rings (SSSR count). The van der Waals surface area contributed by atoms with Crippen molar-refractivity contribution in [2.24, 2.45) is 0 Å². The molecule has 2 aromatic rings. The summed E-state index contributed by atoms with van der Waals surface area (Å²) in [6.07, 6.45) is 5.51. The highest BCUT2D eigenvalue weighted by Crippen LogP contribution is 2.18. The van der Waals surface area contributed by atoms with Gasteiger partial charge in [0, 0.05) is 36.8 Å². The summed E-state index contributed by atoms with van der Waals surface area (Å²) in [5.74, 6) is 0.146. The average Bonchev–Trinajstić information content (AvgIpc) is 2.89. The highest BCUT2D eigenvalue weighted by atomic mass is 16.2. The van der Waals surface area contributed by atoms with Crippen molar-refractivity contribution in [2.45, 2.75) is 32.7 Å². The summed E-state index contributed by atoms with van der Waals surface area (Å²) < 4.78 is 1.90. The van der Waals surface area contributed by atoms with Crippen LogP contribution in [-0.4, -0.2) is 33.7 Å². The van der Waals surface area contributed by atoms with Gasteiger partial charge in [-0.15, -0.1) is 0 Å². The average molecular weight is 257 g/mol. The van der Waals surface area contributed by atoms with E-state index in [1.165, 1.54) is 6.42 Å². The second kappa shape index (κ2) is 5.03. The van der Waals surface area contributed by atoms with Crippen LogP contribution < -0.4 is 0 Å². The number of amides is 1. The van der Waals surface area contributed by atoms with Crippen LogP contribution in [0.5, 0.6) is 0 Å². The van der Waals surface area contributed by atoms with Gasteiger partial charge in [0.25, 0.3) is 5.91 Å². The van der Waals surface area contributed by atoms with Gasteiger partial charge in [0.1, 0.15) is 0 Å². The Hall–Kier alpha value is -1.84. The molecule has 1 fully saturated rings. The fourth-order valence-corrected chi connectivity index (χ4v) is 2.64. The molecular formula is C15H19N3O. The summed E-state index contributed by atoms with van der Waals surface area (Å²) in [5, 5.41) is 5.56. The molecule has 1 aliphatic heterocycles. The van der Waals surface area contributed by atoms with E-state index < -0.39 is 0 Å². The molecule has 0 atom stereocenters. The normalized spacial score (nSPS) is 15.9. The minimum absolute atomic E-state index is 0.146. The molecule has 0 unspecified atom stereocenters. The summed E-state index contributed by atoms with van der Waals surface area (Å²) in [6, 6.07) is 5.82. The van der Waals surface area contributed by atoms with Crippen molar-refractivity contribution in [3.63, 3.8) is 0 Å². The van der Waals surface area contributed by atoms with E-state index >= 15 is 0 Å². The number of likely N-dealkylation sites (tertiary alicyclic amines) is 1. The molecule has 1 aliphatic rings. The van der Waals surface area contributed by atoms with Crippen LogP contribution in [0.4, 0.5) is 0 Å². The topological polar surface area (TPSA) is 38.1 Å². The number of nitrogens with zero attached hydrogens (tertiary/aromatic N) is 3. The van der Waals surface area contributed by atoms with Gasteiger partial charge in [0.05, 0.1) is 5.52 Å². The lowest BCUT2D eigenvalue weighted by Crippen LogP contribution is -2.35. The van der Waals surface area contributed by atoms with Crippen LogP contribution >= 0.6 is 0 Å². The van der Waals surface area contributed by atoms with Gasteiger partial charge in [0.2, 0.25) is 0 Å². The molecule has 4 heteroatoms. The second-order valence-corrected chi connectivity index (χ2v) is 5.11. The SMILES string of the molecule is CCn1cc2ccc(C(=O)N3CCCCC3)cc2n1. The van der Waals surface area contributed by atoms with Crippen LogP contribution in [0.15, 0.2) is 24.4 Å². The maximum Gasteiger partial charge on any atom is 0.253 e. The molecule has 0 radical (unpaired) electrons. The molecule has 0 spiro atoms. The standard InChI is InChI=1S/C15H19N3O/c1-2-18-11-13-7-6-12(10-14(13)16-18)15(19)17-8-4-3-5-9-17/h6-7,10-11H,2-5,8-9H2,1H3. The quantitative estimate of drug-likeness (QED) is 0.829. The summed E-state index contributed by atoms with van der Waals surface area (Å²) in [6.45, 7) is 4.69. The number of hydrogen-bond donors (Lipinski definition) is 0. The van der Waals surface area contributed by atoms with E-state index in [1.807, 2.05) is 34.0 Å². The lowest BCUT2D eigenvalue weighted by Gasteiger charge is -2.26. The molecule has 0 saturated carbocycles. The number of fused-ring (bicyclic) bond motifs is 1. The maximum absolute atomic E-state index is 12.4. The van der Waals surface area contributed by atoms with Gasteiger partial charge in [-0.05, 0) is 38.3 Å². The van der Waals surface area contributed by atoms with Crippen molar-refractivity contribution in [2.75, 3.05) is 13.1 Å². The maximum atomic E-state index is 12.4. The summed E-state index contributed by atoms with van der Waals surface area (Å²) in [7, 11) is 0. The number of benzene rings is 1. The van der Waals surface area contributed by atoms with Crippen molar-refractivity contribution >= 4 is 16.8 Å². The van der Waals surface area contributed by atoms with Gasteiger partial charge in [-0.25, -0.2) is 0 Å². The fraction of sp³-hybridized carbons (Fsp3) is 0.467. The molecule has 1 aromatic heterocycles. The van der Waals surface area contributed by atoms with E-state index in [0.717, 1.165) is 48.9 Å². The summed E-state index contributed by atoms with van der Waals surface area (Å²) in [5.41, 5.74) is 1.67. The molecule has 0 N–H and O–H groups in total. The second-order valence-electron chi connectivity index (χ2n) is 5.11. The highest BCUT2D eigenvalue weighted by molar-refractivity contribution is 5.97. The Morgan fingerprint density at radius 2 is 2.05 bits per heavy atom. The minimum atomic E-state index is 0.146. The molecule has 1 saturated heterocycles. The first-order chi connectivity index (χ1) is 9.28. The Morgan fingerprint density at radius 3 is 2.79 bits per heavy atom. The lowest BCUT2D eigenvalue weighted by atomic mass is 10.1. The van der Waals surface area contributed by atoms with Crippen LogP contribution in [0.3, 0.4) is 0 Å². The van der Waals surface area contributed by atoms with E-state index in [2.05, 4.69) is 12.0 Å². The molecule has 2 heterocycles. The number of piperidine rings is 1. The molecule has 4 nitrogen and oxygen atoms in total. The van der Waals surface area contributed by atoms with Gasteiger partial charge >= 0.3 is 0 Å². The molecule has 0 aliphatic carbocycles. The number of aryl methyl sites for hydroxylation is 1. The zero-order chi connectivity index (χ0) is 13.2. The number of carbonyl (C=O) groups excluding carboxylic acids is 1. The first-order valence-corrected chi connectivity index (χ1v) is 7.04. The third-order valence-corrected chi connectivity index (χ3v) is 3.77. The number of carbonyl (C=O) groups is 1. The zero-order valence-corrected chi connectivity index (χ0v) is 11.3. The Labute approximate surface area is 113 Å². The van der Waals surface area contributed by atoms with Crippen LogP contribution in [-0.2, 0) is 6.54 Å². The van der Waals surface area contributed by atoms with Gasteiger partial charge < -0.3 is 4.90 Å². The molecule has 19 heavy (non-hydrogen) atoms. The van der Waals surface area contributed by atoms with Crippen LogP contribution in [0.1, 0.15) is 36.5 Å². The molecule has 1 amide bonds. The third kappa shape index (κ3) is 2.35. The fourth-order valence-electron chi connectivity index (χ4n) is 2.64. The Balaban J connectivity index is 1.89. The Bertz CT molecular complexity index is 596. The molecule has 100 valence electrons. The first kappa shape index (κ1) is 12.2. The van der Waals surface area contributed by atoms with Crippen LogP contribution in [0, 0.1) is 0 Å². The van der Waals surface area contributed by atoms with E-state index in [4.69, 9.17) is 0 Å². The summed E-state index contributed by atoms with van der Waals surface area (Å²) >= 11 is 0. The minimum Gasteiger partial charge on any atom is -0.339 e. The van der Waals surface area contributed by atoms with Crippen LogP contribution in [0.25, 0.3) is 10.9 Å². The van der Waals surface area contributed by atoms with Gasteiger partial charge in [-0.2, -0.15) is 5.10 Å². The first-order valence-electron chi connectivity index (χ1n) is 7.04. The predicted octanol–water partition coefficient (Wildman–Crippen LogP) is 2.68. The lowest BCUT2D eigenvalue weighted by molar-refractivity contribution is 0.0724. The molecule has 0 bridgehead atoms. The smallest absolute Gasteiger partial charge is 0.253 e. The van der Waals surface area contributed by atoms with Crippen molar-refractivity contribution < 1.29 is 4.79 Å². The van der Waals surface area contributed by atoms with Crippen molar-refractivity contribution in [1.82, 2.24) is 14.7 Å². The van der Waals surface area contributed by atoms with Gasteiger partial charge in [-0.3, -0.25) is 9.48 Å². The zero-order valence-electron chi connectivity index (χ0n) is 11.3. The van der Waals surface area contributed by atoms with E-state index in [1.54, 1.807) is 0 Å². The van der Waals surface area contributed by atoms with Crippen LogP contribution in [0.2, 0.25) is 0 Å². The van der Waals surface area contributed by atoms with E-state index in [-0.39, 0.29) is 5.91 Å². The van der Waals surface area contributed by atoms with E-state index in [0.29, 0.717) is 0 Å². The number of hydrogen-bond acceptors (Lipinski definition) is 2. The largest absolute Gasteiger partial charge is 0.339 e. The van der Waals surface area contributed by atoms with Gasteiger partial charge in [0.15, 0.2) is 0 Å². The monoisotopic (exact) mass is 257 g/mol. The van der Waals surface area contributed by atoms with Crippen molar-refractivity contribution in [3.05, 3.63) is 30.0 Å². The highest BCUT2D eigenvalue weighted by Gasteiger charge is 2.18. The Kier molecular flexibility index (Phi) is 3.23. The number of aromatic nitrogens is 2. The van der Waals surface area contributed by atoms with E-state index in [9.17, 15) is 4.79 Å². The third-order valence-electron chi connectivity index (χ3n) is 3.77. The van der Waals surface area contributed by atoms with Gasteiger partial charge in [-0.1, -0.05) is 6.07 Å². The molecular weight excluding hydrogens is 238 g/mol. The summed E-state index contributed by atoms with van der Waals surface area (Å²) in [4.78, 5) is 14.4. The van der Waals surface area contributed by atoms with Crippen molar-refractivity contribution in [1.29, 1.82) is 0 Å².